The molecule has 1 heterocycles. The van der Waals surface area contributed by atoms with Gasteiger partial charge in [-0.05, 0) is 13.3 Å². The molecule has 2 nitrogen and oxygen atoms in total. The van der Waals surface area contributed by atoms with E-state index >= 15 is 0 Å². The van der Waals surface area contributed by atoms with Gasteiger partial charge in [-0.3, -0.25) is 4.79 Å². The van der Waals surface area contributed by atoms with Gasteiger partial charge in [0, 0.05) is 0 Å². The Morgan fingerprint density at radius 3 is 2.73 bits per heavy atom. The van der Waals surface area contributed by atoms with Gasteiger partial charge in [0.1, 0.15) is 4.32 Å². The van der Waals surface area contributed by atoms with Crippen molar-refractivity contribution < 1.29 is 4.79 Å². The average Bonchev–Trinajstić information content (AvgIpc) is 2.28. The molecule has 60 valence electrons. The van der Waals surface area contributed by atoms with Crippen LogP contribution in [0.1, 0.15) is 20.3 Å². The van der Waals surface area contributed by atoms with Crippen molar-refractivity contribution in [2.24, 2.45) is 0 Å². The Morgan fingerprint density at radius 1 is 1.73 bits per heavy atom. The van der Waals surface area contributed by atoms with E-state index in [2.05, 4.69) is 5.32 Å². The van der Waals surface area contributed by atoms with Crippen molar-refractivity contribution in [3.05, 3.63) is 10.5 Å². The van der Waals surface area contributed by atoms with Gasteiger partial charge < -0.3 is 5.32 Å². The summed E-state index contributed by atoms with van der Waals surface area (Å²) >= 11 is 6.19. The van der Waals surface area contributed by atoms with Crippen LogP contribution in [0.15, 0.2) is 10.5 Å². The summed E-state index contributed by atoms with van der Waals surface area (Å²) in [6.07, 6.45) is 0.901. The zero-order valence-electron chi connectivity index (χ0n) is 6.43. The topological polar surface area (TPSA) is 29.1 Å². The van der Waals surface area contributed by atoms with Crippen LogP contribution in [-0.2, 0) is 4.79 Å². The molecular weight excluding hydrogens is 178 g/mol. The summed E-state index contributed by atoms with van der Waals surface area (Å²) in [7, 11) is 0. The zero-order valence-corrected chi connectivity index (χ0v) is 8.06. The number of hydrogen-bond acceptors (Lipinski definition) is 3. The summed E-state index contributed by atoms with van der Waals surface area (Å²) < 4.78 is 0.567. The number of carbonyl (C=O) groups is 1. The molecule has 1 saturated heterocycles. The standard InChI is InChI=1S/C7H9NOS2/c1-3-4(2)5-6(9)8-7(10)11-5/h3H2,1-2H3,(H,8,9,10)/b5-4-. The predicted octanol–water partition coefficient (Wildman–Crippen LogP) is 1.82. The Hall–Kier alpha value is -0.350. The molecule has 0 aromatic heterocycles. The summed E-state index contributed by atoms with van der Waals surface area (Å²) in [6.45, 7) is 3.98. The molecule has 0 unspecified atom stereocenters. The van der Waals surface area contributed by atoms with Crippen LogP contribution in [0.2, 0.25) is 0 Å². The highest BCUT2D eigenvalue weighted by Gasteiger charge is 2.23. The lowest BCUT2D eigenvalue weighted by atomic mass is 10.2. The second-order valence-electron chi connectivity index (χ2n) is 2.31. The molecule has 0 aromatic carbocycles. The Kier molecular flexibility index (Phi) is 2.67. The van der Waals surface area contributed by atoms with Crippen LogP contribution < -0.4 is 5.32 Å². The van der Waals surface area contributed by atoms with Gasteiger partial charge in [-0.2, -0.15) is 0 Å². The fourth-order valence-corrected chi connectivity index (χ4v) is 1.89. The van der Waals surface area contributed by atoms with E-state index in [-0.39, 0.29) is 5.91 Å². The first-order valence-corrected chi connectivity index (χ1v) is 4.60. The lowest BCUT2D eigenvalue weighted by molar-refractivity contribution is -0.115. The maximum atomic E-state index is 11.1. The maximum Gasteiger partial charge on any atom is 0.263 e. The van der Waals surface area contributed by atoms with Gasteiger partial charge in [0.2, 0.25) is 0 Å². The fourth-order valence-electron chi connectivity index (χ4n) is 0.756. The normalized spacial score (nSPS) is 22.0. The lowest BCUT2D eigenvalue weighted by Gasteiger charge is -1.96. The molecule has 0 aliphatic carbocycles. The van der Waals surface area contributed by atoms with E-state index in [4.69, 9.17) is 12.2 Å². The van der Waals surface area contributed by atoms with E-state index in [9.17, 15) is 4.79 Å². The molecule has 4 heteroatoms. The van der Waals surface area contributed by atoms with Crippen LogP contribution in [-0.4, -0.2) is 10.2 Å². The van der Waals surface area contributed by atoms with Crippen molar-refractivity contribution in [3.8, 4) is 0 Å². The fraction of sp³-hybridized carbons (Fsp3) is 0.429. The summed E-state index contributed by atoms with van der Waals surface area (Å²) in [5.74, 6) is -0.0423. The Balaban J connectivity index is 2.90. The molecule has 0 saturated carbocycles. The summed E-state index contributed by atoms with van der Waals surface area (Å²) in [4.78, 5) is 11.9. The predicted molar refractivity (Wildman–Crippen MR) is 51.3 cm³/mol. The van der Waals surface area contributed by atoms with Gasteiger partial charge in [-0.1, -0.05) is 36.5 Å². The van der Waals surface area contributed by atoms with E-state index in [1.807, 2.05) is 13.8 Å². The SMILES string of the molecule is CC/C(C)=C1\SC(=S)NC1=O. The van der Waals surface area contributed by atoms with E-state index in [1.54, 1.807) is 0 Å². The molecule has 1 rings (SSSR count). The Morgan fingerprint density at radius 2 is 2.36 bits per heavy atom. The highest BCUT2D eigenvalue weighted by atomic mass is 32.2. The number of rotatable bonds is 1. The van der Waals surface area contributed by atoms with Gasteiger partial charge in [0.05, 0.1) is 4.91 Å². The van der Waals surface area contributed by atoms with Gasteiger partial charge in [-0.15, -0.1) is 0 Å². The van der Waals surface area contributed by atoms with Crippen LogP contribution in [0.3, 0.4) is 0 Å². The van der Waals surface area contributed by atoms with Crippen molar-refractivity contribution in [2.45, 2.75) is 20.3 Å². The van der Waals surface area contributed by atoms with Crippen LogP contribution in [0.5, 0.6) is 0 Å². The number of thioether (sulfide) groups is 1. The zero-order chi connectivity index (χ0) is 8.43. The molecule has 11 heavy (non-hydrogen) atoms. The molecule has 1 amide bonds. The van der Waals surface area contributed by atoms with Crippen molar-refractivity contribution in [2.75, 3.05) is 0 Å². The third kappa shape index (κ3) is 1.81. The van der Waals surface area contributed by atoms with Crippen LogP contribution in [0.25, 0.3) is 0 Å². The number of nitrogens with one attached hydrogen (secondary N) is 1. The van der Waals surface area contributed by atoms with Gasteiger partial charge in [0.25, 0.3) is 5.91 Å². The third-order valence-corrected chi connectivity index (χ3v) is 2.91. The van der Waals surface area contributed by atoms with Crippen molar-refractivity contribution in [1.82, 2.24) is 5.32 Å². The molecule has 1 N–H and O–H groups in total. The molecule has 1 aliphatic rings. The van der Waals surface area contributed by atoms with E-state index in [0.717, 1.165) is 16.9 Å². The number of allylic oxidation sites excluding steroid dienone is 1. The average molecular weight is 187 g/mol. The molecule has 0 atom stereocenters. The minimum atomic E-state index is -0.0423. The highest BCUT2D eigenvalue weighted by Crippen LogP contribution is 2.27. The summed E-state index contributed by atoms with van der Waals surface area (Å²) in [5, 5.41) is 2.58. The van der Waals surface area contributed by atoms with Crippen molar-refractivity contribution >= 4 is 34.2 Å². The first-order chi connectivity index (χ1) is 5.15. The smallest absolute Gasteiger partial charge is 0.263 e. The second kappa shape index (κ2) is 3.36. The monoisotopic (exact) mass is 187 g/mol. The van der Waals surface area contributed by atoms with Gasteiger partial charge in [0.15, 0.2) is 0 Å². The maximum absolute atomic E-state index is 11.1. The lowest BCUT2D eigenvalue weighted by Crippen LogP contribution is -2.18. The molecule has 0 bridgehead atoms. The third-order valence-electron chi connectivity index (χ3n) is 1.53. The quantitative estimate of drug-likeness (QED) is 0.501. The number of thiocarbonyl (C=S) groups is 1. The number of carbonyl (C=O) groups excluding carboxylic acids is 1. The van der Waals surface area contributed by atoms with Crippen LogP contribution in [0, 0.1) is 0 Å². The summed E-state index contributed by atoms with van der Waals surface area (Å²) in [6, 6.07) is 0. The van der Waals surface area contributed by atoms with Crippen molar-refractivity contribution in [3.63, 3.8) is 0 Å². The second-order valence-corrected chi connectivity index (χ2v) is 3.99. The molecule has 0 spiro atoms. The van der Waals surface area contributed by atoms with Gasteiger partial charge in [-0.25, -0.2) is 0 Å². The number of amides is 1. The molecule has 1 fully saturated rings. The van der Waals surface area contributed by atoms with Crippen molar-refractivity contribution in [1.29, 1.82) is 0 Å². The molecule has 1 aliphatic heterocycles. The Labute approximate surface area is 75.4 Å². The van der Waals surface area contributed by atoms with E-state index in [1.165, 1.54) is 11.8 Å². The largest absolute Gasteiger partial charge is 0.307 e. The summed E-state index contributed by atoms with van der Waals surface area (Å²) in [5.41, 5.74) is 1.10. The highest BCUT2D eigenvalue weighted by molar-refractivity contribution is 8.26. The number of hydrogen-bond donors (Lipinski definition) is 1. The first-order valence-electron chi connectivity index (χ1n) is 3.38. The molecule has 0 radical (unpaired) electrons. The minimum absolute atomic E-state index is 0.0423. The van der Waals surface area contributed by atoms with E-state index in [0.29, 0.717) is 4.32 Å². The van der Waals surface area contributed by atoms with Crippen LogP contribution in [0.4, 0.5) is 0 Å². The Bertz CT molecular complexity index is 245. The van der Waals surface area contributed by atoms with Crippen LogP contribution >= 0.6 is 24.0 Å². The minimum Gasteiger partial charge on any atom is -0.307 e. The van der Waals surface area contributed by atoms with Gasteiger partial charge >= 0.3 is 0 Å². The molecular formula is C7H9NOS2. The van der Waals surface area contributed by atoms with E-state index < -0.39 is 0 Å². The molecule has 0 aromatic rings. The first kappa shape index (κ1) is 8.74.